The van der Waals surface area contributed by atoms with E-state index < -0.39 is 18.8 Å². The molecular formula is C18H14ClF3N2O3. The summed E-state index contributed by atoms with van der Waals surface area (Å²) in [5.41, 5.74) is 2.86. The predicted octanol–water partition coefficient (Wildman–Crippen LogP) is 4.53. The molecule has 1 N–H and O–H groups in total. The van der Waals surface area contributed by atoms with Crippen molar-refractivity contribution in [3.63, 3.8) is 0 Å². The summed E-state index contributed by atoms with van der Waals surface area (Å²) in [7, 11) is 1.29. The lowest BCUT2D eigenvalue weighted by Gasteiger charge is -2.11. The third-order valence-corrected chi connectivity index (χ3v) is 4.08. The highest BCUT2D eigenvalue weighted by atomic mass is 35.5. The van der Waals surface area contributed by atoms with Gasteiger partial charge in [0.15, 0.2) is 6.61 Å². The van der Waals surface area contributed by atoms with Gasteiger partial charge in [0.25, 0.3) is 0 Å². The Hall–Kier alpha value is -2.74. The number of fused-ring (bicyclic) bond motifs is 1. The minimum Gasteiger partial charge on any atom is -0.483 e. The molecular weight excluding hydrogens is 385 g/mol. The average Bonchev–Trinajstić information content (AvgIpc) is 3.03. The van der Waals surface area contributed by atoms with E-state index in [2.05, 4.69) is 9.97 Å². The molecule has 27 heavy (non-hydrogen) atoms. The largest absolute Gasteiger partial charge is 0.483 e. The number of hydrogen-bond acceptors (Lipinski definition) is 4. The first-order chi connectivity index (χ1) is 12.8. The summed E-state index contributed by atoms with van der Waals surface area (Å²) in [6, 6.07) is 7.91. The number of alkyl halides is 3. The number of aromatic amines is 1. The van der Waals surface area contributed by atoms with Crippen LogP contribution in [0.4, 0.5) is 13.2 Å². The van der Waals surface area contributed by atoms with Crippen molar-refractivity contribution in [1.82, 2.24) is 9.97 Å². The number of nitrogens with one attached hydrogen (secondary N) is 1. The molecule has 142 valence electrons. The zero-order valence-corrected chi connectivity index (χ0v) is 14.8. The Morgan fingerprint density at radius 2 is 2.04 bits per heavy atom. The van der Waals surface area contributed by atoms with Crippen molar-refractivity contribution in [2.24, 2.45) is 0 Å². The third-order valence-electron chi connectivity index (χ3n) is 3.76. The fraction of sp³-hybridized carbons (Fsp3) is 0.222. The quantitative estimate of drug-likeness (QED) is 0.641. The highest BCUT2D eigenvalue weighted by molar-refractivity contribution is 6.32. The lowest BCUT2D eigenvalue weighted by molar-refractivity contribution is -0.153. The number of carbonyl (C=O) groups excluding carboxylic acids is 1. The second-order valence-electron chi connectivity index (χ2n) is 5.75. The number of pyridine rings is 1. The molecule has 0 saturated carbocycles. The molecule has 0 saturated heterocycles. The van der Waals surface area contributed by atoms with Crippen LogP contribution in [0.5, 0.6) is 5.75 Å². The predicted molar refractivity (Wildman–Crippen MR) is 93.2 cm³/mol. The molecule has 1 aromatic carbocycles. The number of halogens is 4. The SMILES string of the molecule is COC(=O)c1ccnc2cc(Cc3ccc(Cl)c(OCC(F)(F)F)c3)[nH]c12. The van der Waals surface area contributed by atoms with E-state index >= 15 is 0 Å². The van der Waals surface area contributed by atoms with E-state index in [9.17, 15) is 18.0 Å². The van der Waals surface area contributed by atoms with Gasteiger partial charge >= 0.3 is 12.1 Å². The van der Waals surface area contributed by atoms with Crippen LogP contribution >= 0.6 is 11.6 Å². The van der Waals surface area contributed by atoms with E-state index in [0.29, 0.717) is 28.6 Å². The molecule has 5 nitrogen and oxygen atoms in total. The standard InChI is InChI=1S/C18H14ClF3N2O3/c1-26-17(25)12-4-5-23-14-8-11(24-16(12)14)6-10-2-3-13(19)15(7-10)27-9-18(20,21)22/h2-5,7-8,24H,6,9H2,1H3. The van der Waals surface area contributed by atoms with Gasteiger partial charge in [0.05, 0.1) is 28.7 Å². The van der Waals surface area contributed by atoms with E-state index in [1.165, 1.54) is 25.4 Å². The molecule has 0 spiro atoms. The molecule has 0 radical (unpaired) electrons. The topological polar surface area (TPSA) is 64.2 Å². The normalized spacial score (nSPS) is 11.6. The molecule has 3 rings (SSSR count). The van der Waals surface area contributed by atoms with Crippen LogP contribution in [0.2, 0.25) is 5.02 Å². The van der Waals surface area contributed by atoms with Crippen LogP contribution in [-0.2, 0) is 11.2 Å². The number of rotatable bonds is 5. The summed E-state index contributed by atoms with van der Waals surface area (Å²) in [4.78, 5) is 19.1. The van der Waals surface area contributed by atoms with Gasteiger partial charge in [0.2, 0.25) is 0 Å². The van der Waals surface area contributed by atoms with Gasteiger partial charge in [-0.15, -0.1) is 0 Å². The fourth-order valence-corrected chi connectivity index (χ4v) is 2.78. The number of H-pyrrole nitrogens is 1. The number of methoxy groups -OCH3 is 1. The van der Waals surface area contributed by atoms with Gasteiger partial charge in [-0.05, 0) is 29.8 Å². The second-order valence-corrected chi connectivity index (χ2v) is 6.16. The molecule has 0 aliphatic heterocycles. The van der Waals surface area contributed by atoms with Gasteiger partial charge in [0.1, 0.15) is 5.75 Å². The Labute approximate surface area is 157 Å². The Morgan fingerprint density at radius 3 is 2.74 bits per heavy atom. The molecule has 3 aromatic rings. The summed E-state index contributed by atoms with van der Waals surface area (Å²) in [5.74, 6) is -0.541. The molecule has 0 aliphatic carbocycles. The van der Waals surface area contributed by atoms with Gasteiger partial charge in [-0.25, -0.2) is 4.79 Å². The van der Waals surface area contributed by atoms with Crippen molar-refractivity contribution in [3.05, 3.63) is 58.4 Å². The lowest BCUT2D eigenvalue weighted by atomic mass is 10.1. The number of ether oxygens (including phenoxy) is 2. The maximum Gasteiger partial charge on any atom is 0.422 e. The molecule has 9 heteroatoms. The van der Waals surface area contributed by atoms with Crippen molar-refractivity contribution in [2.45, 2.75) is 12.6 Å². The first-order valence-corrected chi connectivity index (χ1v) is 8.17. The molecule has 0 atom stereocenters. The number of aromatic nitrogens is 2. The Kier molecular flexibility index (Phi) is 5.27. The fourth-order valence-electron chi connectivity index (χ4n) is 2.60. The van der Waals surface area contributed by atoms with Crippen LogP contribution < -0.4 is 4.74 Å². The zero-order valence-electron chi connectivity index (χ0n) is 14.1. The van der Waals surface area contributed by atoms with Crippen molar-refractivity contribution < 1.29 is 27.4 Å². The molecule has 0 aliphatic rings. The lowest BCUT2D eigenvalue weighted by Crippen LogP contribution is -2.19. The van der Waals surface area contributed by atoms with Gasteiger partial charge in [-0.1, -0.05) is 17.7 Å². The molecule has 0 bridgehead atoms. The van der Waals surface area contributed by atoms with Crippen molar-refractivity contribution >= 4 is 28.6 Å². The number of hydrogen-bond donors (Lipinski definition) is 1. The first-order valence-electron chi connectivity index (χ1n) is 7.80. The molecule has 2 heterocycles. The number of benzene rings is 1. The van der Waals surface area contributed by atoms with Gasteiger partial charge < -0.3 is 14.5 Å². The molecule has 0 amide bonds. The molecule has 2 aromatic heterocycles. The number of nitrogens with zero attached hydrogens (tertiary/aromatic N) is 1. The Morgan fingerprint density at radius 1 is 1.26 bits per heavy atom. The summed E-state index contributed by atoms with van der Waals surface area (Å²) in [5, 5.41) is 0.0919. The highest BCUT2D eigenvalue weighted by Gasteiger charge is 2.28. The summed E-state index contributed by atoms with van der Waals surface area (Å²) >= 11 is 5.90. The monoisotopic (exact) mass is 398 g/mol. The molecule has 0 unspecified atom stereocenters. The van der Waals surface area contributed by atoms with Crippen LogP contribution in [-0.4, -0.2) is 35.8 Å². The van der Waals surface area contributed by atoms with Crippen LogP contribution in [0.1, 0.15) is 21.6 Å². The minimum absolute atomic E-state index is 0.0454. The molecule has 0 fully saturated rings. The van der Waals surface area contributed by atoms with Crippen molar-refractivity contribution in [1.29, 1.82) is 0 Å². The van der Waals surface area contributed by atoms with E-state index in [-0.39, 0.29) is 10.8 Å². The van der Waals surface area contributed by atoms with E-state index in [0.717, 1.165) is 5.69 Å². The first kappa shape index (κ1) is 19.0. The van der Waals surface area contributed by atoms with E-state index in [4.69, 9.17) is 21.1 Å². The van der Waals surface area contributed by atoms with Gasteiger partial charge in [-0.2, -0.15) is 13.2 Å². The van der Waals surface area contributed by atoms with Crippen molar-refractivity contribution in [2.75, 3.05) is 13.7 Å². The van der Waals surface area contributed by atoms with Crippen LogP contribution in [0.25, 0.3) is 11.0 Å². The minimum atomic E-state index is -4.45. The second kappa shape index (κ2) is 7.48. The smallest absolute Gasteiger partial charge is 0.422 e. The number of esters is 1. The van der Waals surface area contributed by atoms with E-state index in [1.54, 1.807) is 18.2 Å². The maximum absolute atomic E-state index is 12.4. The highest BCUT2D eigenvalue weighted by Crippen LogP contribution is 2.29. The maximum atomic E-state index is 12.4. The summed E-state index contributed by atoms with van der Waals surface area (Å²) < 4.78 is 46.6. The van der Waals surface area contributed by atoms with Crippen LogP contribution in [0, 0.1) is 0 Å². The zero-order chi connectivity index (χ0) is 19.6. The van der Waals surface area contributed by atoms with Gasteiger partial charge in [-0.3, -0.25) is 4.98 Å². The number of carbonyl (C=O) groups is 1. The average molecular weight is 399 g/mol. The summed E-state index contributed by atoms with van der Waals surface area (Å²) in [6.07, 6.45) is -2.60. The van der Waals surface area contributed by atoms with Gasteiger partial charge in [0, 0.05) is 18.3 Å². The third kappa shape index (κ3) is 4.51. The van der Waals surface area contributed by atoms with E-state index in [1.807, 2.05) is 0 Å². The van der Waals surface area contributed by atoms with Crippen molar-refractivity contribution in [3.8, 4) is 5.75 Å². The Balaban J connectivity index is 1.86. The Bertz CT molecular complexity index is 986. The van der Waals surface area contributed by atoms with Crippen LogP contribution in [0.3, 0.4) is 0 Å². The summed E-state index contributed by atoms with van der Waals surface area (Å²) in [6.45, 7) is -1.42. The van der Waals surface area contributed by atoms with Crippen LogP contribution in [0.15, 0.2) is 36.5 Å².